The molecule has 2 aromatic heterocycles. The summed E-state index contributed by atoms with van der Waals surface area (Å²) in [5.74, 6) is -0.154. The number of amides is 2. The second-order valence-corrected chi connectivity index (χ2v) is 7.74. The fraction of sp³-hybridized carbons (Fsp3) is 0.167. The second kappa shape index (κ2) is 10.3. The number of carbonyl (C=O) groups excluding carboxylic acids is 2. The van der Waals surface area contributed by atoms with E-state index in [0.717, 1.165) is 22.2 Å². The van der Waals surface area contributed by atoms with E-state index in [0.29, 0.717) is 22.2 Å². The molecule has 4 aromatic rings. The number of fused-ring (bicyclic) bond motifs is 1. The predicted molar refractivity (Wildman–Crippen MR) is 129 cm³/mol. The van der Waals surface area contributed by atoms with Crippen LogP contribution in [0.2, 0.25) is 5.02 Å². The van der Waals surface area contributed by atoms with Gasteiger partial charge in [0.25, 0.3) is 5.91 Å². The van der Waals surface area contributed by atoms with Gasteiger partial charge in [-0.15, -0.1) is 0 Å². The standard InChI is InChI=1S/C24H22ClN5O4/c1-33-14-22(31)27-12-15-6-7-19(25)17(10-15)24(32)29-20-4-3-5-21-18(20)13-28-30(21)16-8-9-26-23(11-16)34-2/h3-11,13H,12,14H2,1-2H3,(H,27,31)(H,29,32). The summed E-state index contributed by atoms with van der Waals surface area (Å²) in [7, 11) is 3.00. The minimum absolute atomic E-state index is 0.0368. The number of pyridine rings is 1. The van der Waals surface area contributed by atoms with Crippen molar-refractivity contribution in [3.63, 3.8) is 0 Å². The van der Waals surface area contributed by atoms with Crippen LogP contribution in [0.25, 0.3) is 16.6 Å². The number of hydrogen-bond donors (Lipinski definition) is 2. The third-order valence-corrected chi connectivity index (χ3v) is 5.40. The van der Waals surface area contributed by atoms with Crippen LogP contribution in [-0.4, -0.2) is 47.4 Å². The molecule has 0 saturated heterocycles. The zero-order valence-electron chi connectivity index (χ0n) is 18.5. The molecule has 0 unspecified atom stereocenters. The Balaban J connectivity index is 1.58. The average molecular weight is 480 g/mol. The van der Waals surface area contributed by atoms with Crippen LogP contribution in [0.1, 0.15) is 15.9 Å². The van der Waals surface area contributed by atoms with Crippen LogP contribution in [0.5, 0.6) is 5.88 Å². The van der Waals surface area contributed by atoms with E-state index >= 15 is 0 Å². The minimum Gasteiger partial charge on any atom is -0.481 e. The van der Waals surface area contributed by atoms with Gasteiger partial charge in [-0.25, -0.2) is 9.67 Å². The van der Waals surface area contributed by atoms with Gasteiger partial charge in [-0.1, -0.05) is 23.7 Å². The van der Waals surface area contributed by atoms with Gasteiger partial charge in [-0.3, -0.25) is 9.59 Å². The van der Waals surface area contributed by atoms with E-state index in [9.17, 15) is 9.59 Å². The summed E-state index contributed by atoms with van der Waals surface area (Å²) in [5.41, 5.74) is 3.19. The smallest absolute Gasteiger partial charge is 0.257 e. The van der Waals surface area contributed by atoms with Gasteiger partial charge in [-0.05, 0) is 35.9 Å². The summed E-state index contributed by atoms with van der Waals surface area (Å²) >= 11 is 6.30. The molecule has 9 nitrogen and oxygen atoms in total. The first-order valence-corrected chi connectivity index (χ1v) is 10.7. The molecule has 0 saturated carbocycles. The van der Waals surface area contributed by atoms with Crippen molar-refractivity contribution in [2.24, 2.45) is 0 Å². The number of ether oxygens (including phenoxy) is 2. The summed E-state index contributed by atoms with van der Waals surface area (Å²) in [6.07, 6.45) is 3.32. The number of anilines is 1. The van der Waals surface area contributed by atoms with E-state index in [1.165, 1.54) is 7.11 Å². The van der Waals surface area contributed by atoms with E-state index in [1.54, 1.807) is 54.5 Å². The molecule has 34 heavy (non-hydrogen) atoms. The molecule has 10 heteroatoms. The summed E-state index contributed by atoms with van der Waals surface area (Å²) in [6.45, 7) is 0.211. The first kappa shape index (κ1) is 23.2. The highest BCUT2D eigenvalue weighted by Gasteiger charge is 2.15. The lowest BCUT2D eigenvalue weighted by Crippen LogP contribution is -2.26. The van der Waals surface area contributed by atoms with E-state index < -0.39 is 0 Å². The van der Waals surface area contributed by atoms with Crippen LogP contribution in [0.15, 0.2) is 60.9 Å². The molecule has 174 valence electrons. The Bertz CT molecular complexity index is 1350. The van der Waals surface area contributed by atoms with Crippen molar-refractivity contribution in [3.8, 4) is 11.6 Å². The molecule has 0 radical (unpaired) electrons. The molecule has 0 spiro atoms. The molecule has 2 N–H and O–H groups in total. The van der Waals surface area contributed by atoms with Crippen molar-refractivity contribution >= 4 is 40.0 Å². The van der Waals surface area contributed by atoms with Crippen molar-refractivity contribution in [2.75, 3.05) is 26.1 Å². The number of methoxy groups -OCH3 is 2. The Kier molecular flexibility index (Phi) is 7.05. The van der Waals surface area contributed by atoms with Crippen LogP contribution in [-0.2, 0) is 16.1 Å². The van der Waals surface area contributed by atoms with Crippen LogP contribution in [0.4, 0.5) is 5.69 Å². The Hall–Kier alpha value is -3.95. The maximum absolute atomic E-state index is 13.1. The van der Waals surface area contributed by atoms with Crippen LogP contribution in [0, 0.1) is 0 Å². The molecular formula is C24H22ClN5O4. The number of benzene rings is 2. The molecule has 0 aliphatic rings. The maximum Gasteiger partial charge on any atom is 0.257 e. The van der Waals surface area contributed by atoms with Gasteiger partial charge in [0.05, 0.1) is 40.8 Å². The predicted octanol–water partition coefficient (Wildman–Crippen LogP) is 3.60. The molecule has 0 bridgehead atoms. The lowest BCUT2D eigenvalue weighted by atomic mass is 10.1. The fourth-order valence-corrected chi connectivity index (χ4v) is 3.64. The molecule has 0 aliphatic heterocycles. The Morgan fingerprint density at radius 2 is 1.97 bits per heavy atom. The van der Waals surface area contributed by atoms with Gasteiger partial charge in [-0.2, -0.15) is 5.10 Å². The largest absolute Gasteiger partial charge is 0.481 e. The molecular weight excluding hydrogens is 458 g/mol. The summed E-state index contributed by atoms with van der Waals surface area (Å²) in [6, 6.07) is 14.1. The van der Waals surface area contributed by atoms with Crippen LogP contribution >= 0.6 is 11.6 Å². The topological polar surface area (TPSA) is 107 Å². The highest BCUT2D eigenvalue weighted by atomic mass is 35.5. The number of halogens is 1. The van der Waals surface area contributed by atoms with Gasteiger partial charge in [0.1, 0.15) is 6.61 Å². The fourth-order valence-electron chi connectivity index (χ4n) is 3.44. The molecule has 2 heterocycles. The number of aromatic nitrogens is 3. The lowest BCUT2D eigenvalue weighted by Gasteiger charge is -2.11. The van der Waals surface area contributed by atoms with Crippen molar-refractivity contribution in [2.45, 2.75) is 6.54 Å². The Morgan fingerprint density at radius 3 is 2.76 bits per heavy atom. The normalized spacial score (nSPS) is 10.8. The highest BCUT2D eigenvalue weighted by molar-refractivity contribution is 6.34. The zero-order chi connectivity index (χ0) is 24.1. The van der Waals surface area contributed by atoms with Crippen molar-refractivity contribution in [3.05, 3.63) is 77.1 Å². The van der Waals surface area contributed by atoms with E-state index in [4.69, 9.17) is 21.1 Å². The number of nitrogens with one attached hydrogen (secondary N) is 2. The molecule has 0 aliphatic carbocycles. The molecule has 0 atom stereocenters. The quantitative estimate of drug-likeness (QED) is 0.400. The summed E-state index contributed by atoms with van der Waals surface area (Å²) < 4.78 is 11.7. The van der Waals surface area contributed by atoms with Crippen molar-refractivity contribution < 1.29 is 19.1 Å². The van der Waals surface area contributed by atoms with E-state index in [2.05, 4.69) is 20.7 Å². The summed E-state index contributed by atoms with van der Waals surface area (Å²) in [5, 5.41) is 11.2. The Labute approximate surface area is 200 Å². The number of nitrogens with zero attached hydrogens (tertiary/aromatic N) is 3. The van der Waals surface area contributed by atoms with Crippen LogP contribution in [0.3, 0.4) is 0 Å². The first-order valence-electron chi connectivity index (χ1n) is 10.3. The Morgan fingerprint density at radius 1 is 1.12 bits per heavy atom. The number of carbonyl (C=O) groups is 2. The molecule has 2 aromatic carbocycles. The summed E-state index contributed by atoms with van der Waals surface area (Å²) in [4.78, 5) is 28.8. The van der Waals surface area contributed by atoms with Crippen LogP contribution < -0.4 is 15.4 Å². The first-order chi connectivity index (χ1) is 16.5. The number of rotatable bonds is 8. The van der Waals surface area contributed by atoms with Gasteiger partial charge in [0.2, 0.25) is 11.8 Å². The van der Waals surface area contributed by atoms with Gasteiger partial charge in [0.15, 0.2) is 0 Å². The monoisotopic (exact) mass is 479 g/mol. The third kappa shape index (κ3) is 5.00. The molecule has 4 rings (SSSR count). The van der Waals surface area contributed by atoms with Gasteiger partial charge < -0.3 is 20.1 Å². The SMILES string of the molecule is COCC(=O)NCc1ccc(Cl)c(C(=O)Nc2cccc3c2cnn3-c2ccnc(OC)c2)c1. The minimum atomic E-state index is -0.374. The zero-order valence-corrected chi connectivity index (χ0v) is 19.3. The highest BCUT2D eigenvalue weighted by Crippen LogP contribution is 2.27. The molecule has 2 amide bonds. The van der Waals surface area contributed by atoms with Crippen molar-refractivity contribution in [1.82, 2.24) is 20.1 Å². The van der Waals surface area contributed by atoms with Gasteiger partial charge >= 0.3 is 0 Å². The van der Waals surface area contributed by atoms with E-state index in [1.807, 2.05) is 18.2 Å². The number of hydrogen-bond acceptors (Lipinski definition) is 6. The second-order valence-electron chi connectivity index (χ2n) is 7.33. The average Bonchev–Trinajstić information content (AvgIpc) is 3.29. The third-order valence-electron chi connectivity index (χ3n) is 5.07. The maximum atomic E-state index is 13.1. The lowest BCUT2D eigenvalue weighted by molar-refractivity contribution is -0.124. The van der Waals surface area contributed by atoms with Crippen molar-refractivity contribution in [1.29, 1.82) is 0 Å². The molecule has 0 fully saturated rings. The van der Waals surface area contributed by atoms with Gasteiger partial charge in [0, 0.05) is 31.3 Å². The van der Waals surface area contributed by atoms with E-state index in [-0.39, 0.29) is 25.0 Å².